The van der Waals surface area contributed by atoms with Crippen molar-refractivity contribution in [3.05, 3.63) is 23.8 Å². The molecular formula is C25H37NO3. The first-order chi connectivity index (χ1) is 14.1. The molecule has 3 atom stereocenters. The van der Waals surface area contributed by atoms with Crippen LogP contribution < -0.4 is 9.64 Å². The average Bonchev–Trinajstić information content (AvgIpc) is 2.73. The predicted octanol–water partition coefficient (Wildman–Crippen LogP) is 5.89. The van der Waals surface area contributed by atoms with Gasteiger partial charge in [-0.3, -0.25) is 4.79 Å². The fourth-order valence-electron chi connectivity index (χ4n) is 5.72. The molecule has 1 aromatic rings. The van der Waals surface area contributed by atoms with Crippen LogP contribution >= 0.6 is 0 Å². The molecule has 2 aliphatic heterocycles. The Morgan fingerprint density at radius 3 is 2.69 bits per heavy atom. The zero-order valence-corrected chi connectivity index (χ0v) is 18.4. The Hall–Kier alpha value is -1.55. The van der Waals surface area contributed by atoms with E-state index in [1.54, 1.807) is 6.92 Å². The number of benzene rings is 1. The molecule has 1 saturated heterocycles. The van der Waals surface area contributed by atoms with Gasteiger partial charge in [0.15, 0.2) is 0 Å². The van der Waals surface area contributed by atoms with E-state index in [1.807, 2.05) is 6.07 Å². The van der Waals surface area contributed by atoms with Crippen molar-refractivity contribution in [1.82, 2.24) is 0 Å². The fraction of sp³-hybridized carbons (Fsp3) is 0.720. The minimum atomic E-state index is 0.0925. The summed E-state index contributed by atoms with van der Waals surface area (Å²) in [6.07, 6.45) is 9.78. The summed E-state index contributed by atoms with van der Waals surface area (Å²) in [5.74, 6) is 2.69. The van der Waals surface area contributed by atoms with Gasteiger partial charge in [-0.2, -0.15) is 0 Å². The summed E-state index contributed by atoms with van der Waals surface area (Å²) in [5, 5.41) is 0. The lowest BCUT2D eigenvalue weighted by Crippen LogP contribution is -2.54. The van der Waals surface area contributed by atoms with Gasteiger partial charge in [-0.05, 0) is 62.1 Å². The van der Waals surface area contributed by atoms with Crippen molar-refractivity contribution in [3.63, 3.8) is 0 Å². The van der Waals surface area contributed by atoms with Crippen LogP contribution in [0.1, 0.15) is 83.8 Å². The zero-order chi connectivity index (χ0) is 20.4. The van der Waals surface area contributed by atoms with Crippen LogP contribution in [0.25, 0.3) is 0 Å². The Bertz CT molecular complexity index is 710. The third-order valence-corrected chi connectivity index (χ3v) is 7.11. The van der Waals surface area contributed by atoms with E-state index in [0.717, 1.165) is 49.5 Å². The van der Waals surface area contributed by atoms with E-state index < -0.39 is 0 Å². The monoisotopic (exact) mass is 399 g/mol. The zero-order valence-electron chi connectivity index (χ0n) is 18.4. The second-order valence-corrected chi connectivity index (χ2v) is 9.63. The summed E-state index contributed by atoms with van der Waals surface area (Å²) in [6, 6.07) is 6.56. The molecule has 0 spiro atoms. The van der Waals surface area contributed by atoms with E-state index in [9.17, 15) is 4.79 Å². The number of hydrogen-bond donors (Lipinski definition) is 0. The van der Waals surface area contributed by atoms with Crippen molar-refractivity contribution in [1.29, 1.82) is 0 Å². The standard InChI is InChI=1S/C25H37NO3/c1-17(2)13-15-28-20-11-12-23-22(16-20)25-21(10-7-14-29-25)24(26(23)18(3)27)19-8-5-4-6-9-19/h11-12,16-17,19,21,24-25H,4-10,13-15H2,1-3H3/t21-,24+,25-/m0/s1. The summed E-state index contributed by atoms with van der Waals surface area (Å²) in [7, 11) is 0. The molecule has 0 bridgehead atoms. The summed E-state index contributed by atoms with van der Waals surface area (Å²) in [4.78, 5) is 15.0. The van der Waals surface area contributed by atoms with Crippen LogP contribution in [0.5, 0.6) is 5.75 Å². The molecule has 0 N–H and O–H groups in total. The Kier molecular flexibility index (Phi) is 6.48. The van der Waals surface area contributed by atoms with Crippen molar-refractivity contribution < 1.29 is 14.3 Å². The third kappa shape index (κ3) is 4.33. The van der Waals surface area contributed by atoms with Crippen molar-refractivity contribution in [3.8, 4) is 5.75 Å². The van der Waals surface area contributed by atoms with Gasteiger partial charge in [-0.25, -0.2) is 0 Å². The smallest absolute Gasteiger partial charge is 0.224 e. The topological polar surface area (TPSA) is 38.8 Å². The van der Waals surface area contributed by atoms with E-state index in [4.69, 9.17) is 9.47 Å². The quantitative estimate of drug-likeness (QED) is 0.619. The molecule has 1 aliphatic carbocycles. The van der Waals surface area contributed by atoms with E-state index in [2.05, 4.69) is 30.9 Å². The van der Waals surface area contributed by atoms with E-state index in [-0.39, 0.29) is 18.1 Å². The predicted molar refractivity (Wildman–Crippen MR) is 116 cm³/mol. The highest BCUT2D eigenvalue weighted by Gasteiger charge is 2.47. The molecule has 0 radical (unpaired) electrons. The molecule has 1 amide bonds. The van der Waals surface area contributed by atoms with Crippen molar-refractivity contribution in [2.24, 2.45) is 17.8 Å². The summed E-state index contributed by atoms with van der Waals surface area (Å²) in [6.45, 7) is 7.71. The van der Waals surface area contributed by atoms with Crippen LogP contribution in [0.2, 0.25) is 0 Å². The average molecular weight is 400 g/mol. The van der Waals surface area contributed by atoms with Gasteiger partial charge in [0.05, 0.1) is 18.4 Å². The van der Waals surface area contributed by atoms with Crippen molar-refractivity contribution >= 4 is 11.6 Å². The fourth-order valence-corrected chi connectivity index (χ4v) is 5.72. The Balaban J connectivity index is 1.68. The van der Waals surface area contributed by atoms with Crippen LogP contribution in [-0.4, -0.2) is 25.2 Å². The largest absolute Gasteiger partial charge is 0.494 e. The Morgan fingerprint density at radius 1 is 1.17 bits per heavy atom. The van der Waals surface area contributed by atoms with Crippen LogP contribution in [0.15, 0.2) is 18.2 Å². The van der Waals surface area contributed by atoms with Crippen molar-refractivity contribution in [2.75, 3.05) is 18.1 Å². The van der Waals surface area contributed by atoms with Crippen LogP contribution in [-0.2, 0) is 9.53 Å². The minimum Gasteiger partial charge on any atom is -0.494 e. The van der Waals surface area contributed by atoms with E-state index >= 15 is 0 Å². The molecule has 2 heterocycles. The number of rotatable bonds is 5. The number of amides is 1. The molecule has 2 fully saturated rings. The maximum atomic E-state index is 12.9. The number of anilines is 1. The van der Waals surface area contributed by atoms with Gasteiger partial charge in [-0.15, -0.1) is 0 Å². The normalized spacial score (nSPS) is 27.4. The first-order valence-electron chi connectivity index (χ1n) is 11.7. The highest BCUT2D eigenvalue weighted by Crippen LogP contribution is 2.51. The molecule has 29 heavy (non-hydrogen) atoms. The van der Waals surface area contributed by atoms with E-state index in [0.29, 0.717) is 17.8 Å². The molecule has 1 aromatic carbocycles. The highest BCUT2D eigenvalue weighted by atomic mass is 16.5. The van der Waals surface area contributed by atoms with Gasteiger partial charge in [0.1, 0.15) is 5.75 Å². The van der Waals surface area contributed by atoms with Gasteiger partial charge in [-0.1, -0.05) is 33.1 Å². The molecule has 4 nitrogen and oxygen atoms in total. The van der Waals surface area contributed by atoms with Crippen LogP contribution in [0, 0.1) is 17.8 Å². The van der Waals surface area contributed by atoms with Crippen LogP contribution in [0.3, 0.4) is 0 Å². The SMILES string of the molecule is CC(=O)N1c2ccc(OCCC(C)C)cc2[C@H]2OCCC[C@H]2[C@H]1C1CCCCC1. The molecule has 3 aliphatic rings. The number of nitrogens with zero attached hydrogens (tertiary/aromatic N) is 1. The number of carbonyl (C=O) groups excluding carboxylic acids is 1. The third-order valence-electron chi connectivity index (χ3n) is 7.11. The minimum absolute atomic E-state index is 0.0925. The highest BCUT2D eigenvalue weighted by molar-refractivity contribution is 5.94. The first kappa shape index (κ1) is 20.7. The molecule has 1 saturated carbocycles. The number of fused-ring (bicyclic) bond motifs is 3. The molecule has 0 unspecified atom stereocenters. The van der Waals surface area contributed by atoms with E-state index in [1.165, 1.54) is 32.1 Å². The molecule has 160 valence electrons. The molecular weight excluding hydrogens is 362 g/mol. The van der Waals surface area contributed by atoms with Gasteiger partial charge >= 0.3 is 0 Å². The van der Waals surface area contributed by atoms with Crippen molar-refractivity contribution in [2.45, 2.75) is 84.3 Å². The molecule has 4 heteroatoms. The lowest BCUT2D eigenvalue weighted by molar-refractivity contribution is -0.119. The summed E-state index contributed by atoms with van der Waals surface area (Å²) < 4.78 is 12.4. The first-order valence-corrected chi connectivity index (χ1v) is 11.7. The van der Waals surface area contributed by atoms with Gasteiger partial charge < -0.3 is 14.4 Å². The molecule has 0 aromatic heterocycles. The van der Waals surface area contributed by atoms with Gasteiger partial charge in [0.25, 0.3) is 0 Å². The number of ether oxygens (including phenoxy) is 2. The second kappa shape index (κ2) is 9.07. The van der Waals surface area contributed by atoms with Gasteiger partial charge in [0.2, 0.25) is 5.91 Å². The molecule has 4 rings (SSSR count). The summed E-state index contributed by atoms with van der Waals surface area (Å²) in [5.41, 5.74) is 2.20. The Labute approximate surface area is 175 Å². The summed E-state index contributed by atoms with van der Waals surface area (Å²) >= 11 is 0. The maximum Gasteiger partial charge on any atom is 0.224 e. The number of hydrogen-bond acceptors (Lipinski definition) is 3. The lowest BCUT2D eigenvalue weighted by Gasteiger charge is -2.51. The van der Waals surface area contributed by atoms with Crippen LogP contribution in [0.4, 0.5) is 5.69 Å². The lowest BCUT2D eigenvalue weighted by atomic mass is 9.70. The Morgan fingerprint density at radius 2 is 1.97 bits per heavy atom. The van der Waals surface area contributed by atoms with Gasteiger partial charge in [0, 0.05) is 31.1 Å². The number of carbonyl (C=O) groups is 1. The second-order valence-electron chi connectivity index (χ2n) is 9.63. The maximum absolute atomic E-state index is 12.9.